The Balaban J connectivity index is 1.55. The molecule has 2 N–H and O–H groups in total. The van der Waals surface area contributed by atoms with Crippen LogP contribution in [0.3, 0.4) is 0 Å². The second-order valence-electron chi connectivity index (χ2n) is 7.54. The SMILES string of the molecule is CCOC(=O)c1c(NC(=O)C(C)Sc2nc(=O)[nH]c3c2CCC3)sc2c1CCCC2. The van der Waals surface area contributed by atoms with Gasteiger partial charge in [0.25, 0.3) is 0 Å². The van der Waals surface area contributed by atoms with Crippen molar-refractivity contribution in [3.63, 3.8) is 0 Å². The highest BCUT2D eigenvalue weighted by molar-refractivity contribution is 8.00. The van der Waals surface area contributed by atoms with Crippen LogP contribution in [0, 0.1) is 0 Å². The first kappa shape index (κ1) is 21.1. The number of fused-ring (bicyclic) bond motifs is 2. The number of hydrogen-bond donors (Lipinski definition) is 2. The van der Waals surface area contributed by atoms with Crippen molar-refractivity contribution >= 4 is 40.0 Å². The number of hydrogen-bond acceptors (Lipinski definition) is 7. The zero-order valence-corrected chi connectivity index (χ0v) is 18.8. The maximum Gasteiger partial charge on any atom is 0.346 e. The highest BCUT2D eigenvalue weighted by Crippen LogP contribution is 2.39. The molecule has 30 heavy (non-hydrogen) atoms. The molecule has 1 amide bonds. The average molecular weight is 448 g/mol. The van der Waals surface area contributed by atoms with Crippen molar-refractivity contribution in [1.29, 1.82) is 0 Å². The number of thiophene rings is 1. The van der Waals surface area contributed by atoms with E-state index in [4.69, 9.17) is 4.74 Å². The summed E-state index contributed by atoms with van der Waals surface area (Å²) in [4.78, 5) is 45.5. The first-order valence-electron chi connectivity index (χ1n) is 10.4. The predicted octanol–water partition coefficient (Wildman–Crippen LogP) is 3.49. The third kappa shape index (κ3) is 4.18. The van der Waals surface area contributed by atoms with E-state index in [2.05, 4.69) is 15.3 Å². The quantitative estimate of drug-likeness (QED) is 0.399. The van der Waals surface area contributed by atoms with Crippen LogP contribution >= 0.6 is 23.1 Å². The number of amides is 1. The van der Waals surface area contributed by atoms with Gasteiger partial charge in [0.15, 0.2) is 0 Å². The van der Waals surface area contributed by atoms with E-state index in [1.54, 1.807) is 13.8 Å². The Morgan fingerprint density at radius 2 is 1.97 bits per heavy atom. The highest BCUT2D eigenvalue weighted by Gasteiger charge is 2.29. The zero-order chi connectivity index (χ0) is 21.3. The van der Waals surface area contributed by atoms with Crippen LogP contribution in [-0.2, 0) is 35.2 Å². The molecule has 1 unspecified atom stereocenters. The Bertz CT molecular complexity index is 1040. The number of aromatic amines is 1. The number of aryl methyl sites for hydroxylation is 2. The fourth-order valence-electron chi connectivity index (χ4n) is 4.04. The van der Waals surface area contributed by atoms with Gasteiger partial charge in [-0.1, -0.05) is 11.8 Å². The molecule has 0 spiro atoms. The van der Waals surface area contributed by atoms with Crippen LogP contribution in [0.25, 0.3) is 0 Å². The van der Waals surface area contributed by atoms with Crippen molar-refractivity contribution in [3.8, 4) is 0 Å². The van der Waals surface area contributed by atoms with Crippen molar-refractivity contribution in [2.45, 2.75) is 69.1 Å². The number of ether oxygens (including phenoxy) is 1. The lowest BCUT2D eigenvalue weighted by molar-refractivity contribution is -0.115. The van der Waals surface area contributed by atoms with Gasteiger partial charge in [0, 0.05) is 16.1 Å². The van der Waals surface area contributed by atoms with Gasteiger partial charge in [-0.05, 0) is 64.4 Å². The first-order chi connectivity index (χ1) is 14.5. The molecule has 2 aliphatic rings. The molecule has 2 aromatic rings. The van der Waals surface area contributed by atoms with Crippen LogP contribution in [0.4, 0.5) is 5.00 Å². The third-order valence-corrected chi connectivity index (χ3v) is 7.82. The number of carbonyl (C=O) groups excluding carboxylic acids is 2. The van der Waals surface area contributed by atoms with Crippen molar-refractivity contribution in [2.75, 3.05) is 11.9 Å². The van der Waals surface area contributed by atoms with Gasteiger partial charge in [-0.2, -0.15) is 4.98 Å². The molecule has 0 bridgehead atoms. The second-order valence-corrected chi connectivity index (χ2v) is 9.98. The fraction of sp³-hybridized carbons (Fsp3) is 0.524. The van der Waals surface area contributed by atoms with E-state index in [0.717, 1.165) is 66.6 Å². The lowest BCUT2D eigenvalue weighted by atomic mass is 9.95. The van der Waals surface area contributed by atoms with Crippen LogP contribution in [-0.4, -0.2) is 33.7 Å². The highest BCUT2D eigenvalue weighted by atomic mass is 32.2. The topological polar surface area (TPSA) is 101 Å². The van der Waals surface area contributed by atoms with Gasteiger partial charge in [-0.3, -0.25) is 4.79 Å². The molecule has 160 valence electrons. The second kappa shape index (κ2) is 8.93. The largest absolute Gasteiger partial charge is 0.462 e. The van der Waals surface area contributed by atoms with Crippen LogP contribution in [0.2, 0.25) is 0 Å². The molecule has 7 nitrogen and oxygen atoms in total. The Hall–Kier alpha value is -2.13. The fourth-order valence-corrected chi connectivity index (χ4v) is 6.32. The maximum absolute atomic E-state index is 13.0. The van der Waals surface area contributed by atoms with Gasteiger partial charge in [-0.15, -0.1) is 11.3 Å². The summed E-state index contributed by atoms with van der Waals surface area (Å²) in [5.41, 5.74) is 3.13. The number of anilines is 1. The van der Waals surface area contributed by atoms with Gasteiger partial charge < -0.3 is 15.0 Å². The van der Waals surface area contributed by atoms with E-state index in [1.165, 1.54) is 23.1 Å². The molecule has 0 saturated heterocycles. The summed E-state index contributed by atoms with van der Waals surface area (Å²) >= 11 is 2.77. The molecule has 0 aromatic carbocycles. The average Bonchev–Trinajstić information content (AvgIpc) is 3.32. The van der Waals surface area contributed by atoms with E-state index < -0.39 is 5.25 Å². The number of nitrogens with zero attached hydrogens (tertiary/aromatic N) is 1. The van der Waals surface area contributed by atoms with Crippen LogP contribution in [0.5, 0.6) is 0 Å². The third-order valence-electron chi connectivity index (χ3n) is 5.48. The van der Waals surface area contributed by atoms with Crippen molar-refractivity contribution in [1.82, 2.24) is 9.97 Å². The molecule has 2 aromatic heterocycles. The summed E-state index contributed by atoms with van der Waals surface area (Å²) in [5.74, 6) is -0.584. The Kier molecular flexibility index (Phi) is 6.29. The number of H-pyrrole nitrogens is 1. The number of thioether (sulfide) groups is 1. The number of esters is 1. The Labute approximate surface area is 183 Å². The van der Waals surface area contributed by atoms with E-state index in [0.29, 0.717) is 22.2 Å². The predicted molar refractivity (Wildman–Crippen MR) is 118 cm³/mol. The monoisotopic (exact) mass is 447 g/mol. The number of nitrogens with one attached hydrogen (secondary N) is 2. The molecule has 0 radical (unpaired) electrons. The molecule has 0 saturated carbocycles. The molecular weight excluding hydrogens is 422 g/mol. The smallest absolute Gasteiger partial charge is 0.346 e. The summed E-state index contributed by atoms with van der Waals surface area (Å²) < 4.78 is 5.26. The number of rotatable bonds is 6. The molecule has 9 heteroatoms. The molecule has 1 atom stereocenters. The normalized spacial score (nSPS) is 15.9. The van der Waals surface area contributed by atoms with E-state index >= 15 is 0 Å². The van der Waals surface area contributed by atoms with Gasteiger partial charge in [0.05, 0.1) is 17.4 Å². The van der Waals surface area contributed by atoms with E-state index in [9.17, 15) is 14.4 Å². The zero-order valence-electron chi connectivity index (χ0n) is 17.1. The molecule has 2 aliphatic carbocycles. The van der Waals surface area contributed by atoms with Crippen molar-refractivity contribution < 1.29 is 14.3 Å². The summed E-state index contributed by atoms with van der Waals surface area (Å²) in [5, 5.41) is 3.69. The van der Waals surface area contributed by atoms with Crippen molar-refractivity contribution in [2.24, 2.45) is 0 Å². The van der Waals surface area contributed by atoms with Crippen LogP contribution in [0.15, 0.2) is 9.82 Å². The summed E-state index contributed by atoms with van der Waals surface area (Å²) in [6.07, 6.45) is 6.57. The van der Waals surface area contributed by atoms with Gasteiger partial charge >= 0.3 is 11.7 Å². The molecule has 2 heterocycles. The molecular formula is C21H25N3O4S2. The minimum absolute atomic E-state index is 0.210. The van der Waals surface area contributed by atoms with Gasteiger partial charge in [-0.25, -0.2) is 9.59 Å². The summed E-state index contributed by atoms with van der Waals surface area (Å²) in [6, 6.07) is 0. The standard InChI is InChI=1S/C21H25N3O4S2/c1-3-28-20(26)16-13-7-4-5-10-15(13)30-19(16)23-17(25)11(2)29-18-12-8-6-9-14(12)22-21(27)24-18/h11H,3-10H2,1-2H3,(H,23,25)(H,22,24,27). The van der Waals surface area contributed by atoms with E-state index in [1.807, 2.05) is 0 Å². The maximum atomic E-state index is 13.0. The minimum Gasteiger partial charge on any atom is -0.462 e. The Morgan fingerprint density at radius 1 is 1.20 bits per heavy atom. The molecule has 4 rings (SSSR count). The minimum atomic E-state index is -0.460. The first-order valence-corrected chi connectivity index (χ1v) is 12.1. The Morgan fingerprint density at radius 3 is 2.77 bits per heavy atom. The van der Waals surface area contributed by atoms with E-state index in [-0.39, 0.29) is 17.6 Å². The lowest BCUT2D eigenvalue weighted by Crippen LogP contribution is -2.24. The lowest BCUT2D eigenvalue weighted by Gasteiger charge is -2.14. The summed E-state index contributed by atoms with van der Waals surface area (Å²) in [6.45, 7) is 3.87. The van der Waals surface area contributed by atoms with Crippen LogP contribution < -0.4 is 11.0 Å². The van der Waals surface area contributed by atoms with Crippen molar-refractivity contribution in [3.05, 3.63) is 37.7 Å². The van der Waals surface area contributed by atoms with Gasteiger partial charge in [0.1, 0.15) is 10.0 Å². The van der Waals surface area contributed by atoms with Crippen LogP contribution in [0.1, 0.15) is 65.2 Å². The van der Waals surface area contributed by atoms with Gasteiger partial charge in [0.2, 0.25) is 5.91 Å². The number of aromatic nitrogens is 2. The molecule has 0 aliphatic heterocycles. The summed E-state index contributed by atoms with van der Waals surface area (Å²) in [7, 11) is 0. The molecule has 0 fully saturated rings. The number of carbonyl (C=O) groups is 2.